The molecule has 1 rings (SSSR count). The average molecular weight is 82.1 g/mol. The van der Waals surface area contributed by atoms with Crippen LogP contribution in [0, 0.1) is 6.08 Å². The summed E-state index contributed by atoms with van der Waals surface area (Å²) in [5.41, 5.74) is 0. The maximum absolute atomic E-state index is 4.40. The van der Waals surface area contributed by atoms with Crippen LogP contribution in [-0.2, 0) is 4.84 Å². The maximum atomic E-state index is 4.40. The minimum Gasteiger partial charge on any atom is -0.365 e. The summed E-state index contributed by atoms with van der Waals surface area (Å²) >= 11 is 0. The number of allylic oxidation sites excluding steroid dienone is 1. The lowest BCUT2D eigenvalue weighted by molar-refractivity contribution is 0.262. The van der Waals surface area contributed by atoms with E-state index in [0.717, 1.165) is 6.42 Å². The van der Waals surface area contributed by atoms with Crippen LogP contribution in [0.4, 0.5) is 0 Å². The second kappa shape index (κ2) is 1.60. The smallest absolute Gasteiger partial charge is 0.126 e. The lowest BCUT2D eigenvalue weighted by atomic mass is 10.4. The highest BCUT2D eigenvalue weighted by atomic mass is 16.6. The first-order valence-electron chi connectivity index (χ1n) is 1.73. The zero-order valence-corrected chi connectivity index (χ0v) is 3.22. The Morgan fingerprint density at radius 3 is 3.00 bits per heavy atom. The van der Waals surface area contributed by atoms with Gasteiger partial charge in [-0.15, -0.1) is 0 Å². The summed E-state index contributed by atoms with van der Waals surface area (Å²) in [5, 5.41) is 3.43. The molecule has 0 unspecified atom stereocenters. The lowest BCUT2D eigenvalue weighted by Crippen LogP contribution is -1.79. The molecule has 0 spiro atoms. The molecule has 0 fully saturated rings. The third-order valence-electron chi connectivity index (χ3n) is 0.481. The Morgan fingerprint density at radius 2 is 2.83 bits per heavy atom. The first-order valence-corrected chi connectivity index (χ1v) is 1.73. The number of nitrogens with zero attached hydrogens (tertiary/aromatic N) is 1. The summed E-state index contributed by atoms with van der Waals surface area (Å²) in [4.78, 5) is 4.40. The lowest BCUT2D eigenvalue weighted by Gasteiger charge is -1.89. The molecule has 0 bridgehead atoms. The highest BCUT2D eigenvalue weighted by Gasteiger charge is 1.78. The normalized spacial score (nSPS) is 17.3. The molecule has 0 aliphatic carbocycles. The first-order chi connectivity index (χ1) is 3.00. The van der Waals surface area contributed by atoms with Crippen molar-refractivity contribution in [2.24, 2.45) is 5.16 Å². The van der Waals surface area contributed by atoms with Crippen LogP contribution in [-0.4, -0.2) is 6.21 Å². The van der Waals surface area contributed by atoms with Crippen LogP contribution in [0.1, 0.15) is 6.42 Å². The number of oxime groups is 1. The van der Waals surface area contributed by atoms with Gasteiger partial charge in [0.05, 0.1) is 0 Å². The average Bonchev–Trinajstić information content (AvgIpc) is 1.72. The van der Waals surface area contributed by atoms with E-state index in [1.54, 1.807) is 6.21 Å². The van der Waals surface area contributed by atoms with Gasteiger partial charge in [-0.1, -0.05) is 5.16 Å². The van der Waals surface area contributed by atoms with Gasteiger partial charge in [0.1, 0.15) is 6.26 Å². The zero-order valence-electron chi connectivity index (χ0n) is 3.22. The molecule has 0 aromatic heterocycles. The Balaban J connectivity index is 2.40. The topological polar surface area (TPSA) is 21.6 Å². The van der Waals surface area contributed by atoms with Crippen molar-refractivity contribution in [1.82, 2.24) is 0 Å². The predicted octanol–water partition coefficient (Wildman–Crippen LogP) is 0.709. The number of rotatable bonds is 0. The molecule has 0 N–H and O–H groups in total. The Bertz CT molecular complexity index is 65.5. The third-order valence-corrected chi connectivity index (χ3v) is 0.481. The standard InChI is InChI=1S/C4H4NO/c1-2-4-6-5-3-1/h3-4H,1H2. The third kappa shape index (κ3) is 0.578. The monoisotopic (exact) mass is 82.0 g/mol. The van der Waals surface area contributed by atoms with Crippen molar-refractivity contribution >= 4 is 6.21 Å². The van der Waals surface area contributed by atoms with Crippen LogP contribution in [0.15, 0.2) is 11.4 Å². The fourth-order valence-electron chi connectivity index (χ4n) is 0.249. The highest BCUT2D eigenvalue weighted by Crippen LogP contribution is 1.86. The first kappa shape index (κ1) is 3.40. The summed E-state index contributed by atoms with van der Waals surface area (Å²) in [6.45, 7) is 0. The van der Waals surface area contributed by atoms with Gasteiger partial charge in [0.25, 0.3) is 0 Å². The van der Waals surface area contributed by atoms with E-state index in [4.69, 9.17) is 0 Å². The molecular formula is C4H4NO. The highest BCUT2D eigenvalue weighted by molar-refractivity contribution is 5.58. The summed E-state index contributed by atoms with van der Waals surface area (Å²) in [6.07, 6.45) is 6.66. The van der Waals surface area contributed by atoms with Crippen LogP contribution in [0.25, 0.3) is 0 Å². The van der Waals surface area contributed by atoms with Crippen LogP contribution >= 0.6 is 0 Å². The molecular weight excluding hydrogens is 78.0 g/mol. The van der Waals surface area contributed by atoms with Gasteiger partial charge in [-0.3, -0.25) is 0 Å². The Labute approximate surface area is 36.1 Å². The fraction of sp³-hybridized carbons (Fsp3) is 0.250. The van der Waals surface area contributed by atoms with Crippen LogP contribution in [0.5, 0.6) is 0 Å². The van der Waals surface area contributed by atoms with Crippen molar-refractivity contribution in [3.05, 3.63) is 12.3 Å². The van der Waals surface area contributed by atoms with Crippen LogP contribution < -0.4 is 0 Å². The van der Waals surface area contributed by atoms with E-state index in [2.05, 4.69) is 16.1 Å². The van der Waals surface area contributed by atoms with E-state index in [-0.39, 0.29) is 0 Å². The van der Waals surface area contributed by atoms with Gasteiger partial charge in [-0.2, -0.15) is 0 Å². The fourth-order valence-corrected chi connectivity index (χ4v) is 0.249. The SMILES string of the molecule is [C]1=CON=CC1. The molecule has 1 aliphatic heterocycles. The molecule has 0 atom stereocenters. The van der Waals surface area contributed by atoms with E-state index < -0.39 is 0 Å². The zero-order chi connectivity index (χ0) is 4.24. The Hall–Kier alpha value is -0.790. The molecule has 0 aromatic rings. The van der Waals surface area contributed by atoms with Crippen molar-refractivity contribution in [1.29, 1.82) is 0 Å². The molecule has 0 amide bonds. The van der Waals surface area contributed by atoms with E-state index >= 15 is 0 Å². The van der Waals surface area contributed by atoms with Gasteiger partial charge in [0, 0.05) is 18.7 Å². The molecule has 0 aromatic carbocycles. The van der Waals surface area contributed by atoms with Crippen molar-refractivity contribution in [3.63, 3.8) is 0 Å². The molecule has 6 heavy (non-hydrogen) atoms. The molecule has 1 radical (unpaired) electrons. The second-order valence-corrected chi connectivity index (χ2v) is 0.919. The van der Waals surface area contributed by atoms with Crippen LogP contribution in [0.3, 0.4) is 0 Å². The van der Waals surface area contributed by atoms with Crippen molar-refractivity contribution in [2.45, 2.75) is 6.42 Å². The molecule has 1 aliphatic rings. The van der Waals surface area contributed by atoms with Gasteiger partial charge < -0.3 is 4.84 Å². The Morgan fingerprint density at radius 1 is 1.83 bits per heavy atom. The molecule has 0 saturated heterocycles. The minimum atomic E-state index is 0.778. The van der Waals surface area contributed by atoms with Gasteiger partial charge >= 0.3 is 0 Å². The van der Waals surface area contributed by atoms with E-state index in [0.29, 0.717) is 0 Å². The van der Waals surface area contributed by atoms with E-state index in [1.807, 2.05) is 0 Å². The predicted molar refractivity (Wildman–Crippen MR) is 22.0 cm³/mol. The maximum Gasteiger partial charge on any atom is 0.126 e. The van der Waals surface area contributed by atoms with Crippen molar-refractivity contribution in [3.8, 4) is 0 Å². The molecule has 2 nitrogen and oxygen atoms in total. The molecule has 0 saturated carbocycles. The minimum absolute atomic E-state index is 0.778. The van der Waals surface area contributed by atoms with Crippen LogP contribution in [0.2, 0.25) is 0 Å². The second-order valence-electron chi connectivity index (χ2n) is 0.919. The van der Waals surface area contributed by atoms with E-state index in [1.165, 1.54) is 6.26 Å². The summed E-state index contributed by atoms with van der Waals surface area (Å²) in [7, 11) is 0. The van der Waals surface area contributed by atoms with E-state index in [9.17, 15) is 0 Å². The van der Waals surface area contributed by atoms with Gasteiger partial charge in [-0.25, -0.2) is 0 Å². The van der Waals surface area contributed by atoms with Crippen molar-refractivity contribution in [2.75, 3.05) is 0 Å². The summed E-state index contributed by atoms with van der Waals surface area (Å²) < 4.78 is 0. The van der Waals surface area contributed by atoms with Gasteiger partial charge in [0.15, 0.2) is 0 Å². The molecule has 1 heterocycles. The summed E-state index contributed by atoms with van der Waals surface area (Å²) in [5.74, 6) is 0. The van der Waals surface area contributed by atoms with Crippen molar-refractivity contribution < 1.29 is 4.84 Å². The quantitative estimate of drug-likeness (QED) is 0.421. The van der Waals surface area contributed by atoms with Gasteiger partial charge in [-0.05, 0) is 0 Å². The van der Waals surface area contributed by atoms with Gasteiger partial charge in [0.2, 0.25) is 0 Å². The number of hydrogen-bond donors (Lipinski definition) is 0. The Kier molecular flexibility index (Phi) is 0.906. The summed E-state index contributed by atoms with van der Waals surface area (Å²) in [6, 6.07) is 0. The molecule has 31 valence electrons. The molecule has 2 heteroatoms. The largest absolute Gasteiger partial charge is 0.365 e. The number of hydrogen-bond acceptors (Lipinski definition) is 2.